The molecule has 0 bridgehead atoms. The molecule has 0 fully saturated rings. The molecule has 0 aliphatic carbocycles. The molecule has 0 unspecified atom stereocenters. The molecule has 0 aliphatic heterocycles. The highest BCUT2D eigenvalue weighted by Gasteiger charge is 2.22. The van der Waals surface area contributed by atoms with Gasteiger partial charge < -0.3 is 10.3 Å². The number of benzene rings is 3. The first kappa shape index (κ1) is 18.3. The summed E-state index contributed by atoms with van der Waals surface area (Å²) in [5.41, 5.74) is 2.97. The summed E-state index contributed by atoms with van der Waals surface area (Å²) in [4.78, 5) is 15.8. The van der Waals surface area contributed by atoms with E-state index in [-0.39, 0.29) is 11.5 Å². The maximum atomic E-state index is 13.9. The van der Waals surface area contributed by atoms with Gasteiger partial charge in [0.25, 0.3) is 5.91 Å². The number of H-pyrrole nitrogens is 1. The fraction of sp³-hybridized carbons (Fsp3) is 0.0870. The maximum absolute atomic E-state index is 13.9. The number of rotatable bonds is 5. The lowest BCUT2D eigenvalue weighted by atomic mass is 9.90. The number of aromatic nitrogens is 1. The Hall–Kier alpha value is -3.11. The Balaban J connectivity index is 1.69. The minimum Gasteiger partial charge on any atom is -0.361 e. The fourth-order valence-corrected chi connectivity index (χ4v) is 3.73. The minimum atomic E-state index is -0.540. The van der Waals surface area contributed by atoms with Crippen LogP contribution in [0.2, 0.25) is 5.02 Å². The van der Waals surface area contributed by atoms with E-state index in [1.807, 2.05) is 54.7 Å². The second-order valence-electron chi connectivity index (χ2n) is 6.55. The van der Waals surface area contributed by atoms with Crippen LogP contribution in [0.5, 0.6) is 0 Å². The maximum Gasteiger partial charge on any atom is 0.254 e. The van der Waals surface area contributed by atoms with Gasteiger partial charge in [-0.3, -0.25) is 4.79 Å². The molecule has 1 aromatic heterocycles. The number of nitrogens with one attached hydrogen (secondary N) is 2. The first-order chi connectivity index (χ1) is 13.6. The number of carbonyl (C=O) groups excluding carboxylic acids is 1. The summed E-state index contributed by atoms with van der Waals surface area (Å²) in [5.74, 6) is -1.17. The zero-order chi connectivity index (χ0) is 19.5. The van der Waals surface area contributed by atoms with Crippen LogP contribution in [-0.4, -0.2) is 17.4 Å². The standard InChI is InChI=1S/C23H18ClFN2O/c24-20-10-4-1-7-15(20)18(19-13-26-22-12-6-3-8-16(19)22)14-27-23(28)17-9-2-5-11-21(17)25/h1-13,18,26H,14H2,(H,27,28)/t18-/m0/s1. The summed E-state index contributed by atoms with van der Waals surface area (Å²) in [6.45, 7) is 0.290. The zero-order valence-electron chi connectivity index (χ0n) is 15.0. The van der Waals surface area contributed by atoms with Crippen LogP contribution < -0.4 is 5.32 Å². The normalized spacial score (nSPS) is 12.1. The zero-order valence-corrected chi connectivity index (χ0v) is 15.7. The Morgan fingerprint density at radius 2 is 1.68 bits per heavy atom. The van der Waals surface area contributed by atoms with Gasteiger partial charge in [0.1, 0.15) is 5.82 Å². The summed E-state index contributed by atoms with van der Waals surface area (Å²) in [7, 11) is 0. The van der Waals surface area contributed by atoms with E-state index in [0.717, 1.165) is 22.0 Å². The van der Waals surface area contributed by atoms with Gasteiger partial charge in [0, 0.05) is 34.6 Å². The molecule has 28 heavy (non-hydrogen) atoms. The molecule has 0 radical (unpaired) electrons. The van der Waals surface area contributed by atoms with Crippen LogP contribution >= 0.6 is 11.6 Å². The van der Waals surface area contributed by atoms with Crippen LogP contribution in [0.25, 0.3) is 10.9 Å². The summed E-state index contributed by atoms with van der Waals surface area (Å²) in [5, 5.41) is 4.55. The van der Waals surface area contributed by atoms with Crippen LogP contribution in [0.1, 0.15) is 27.4 Å². The van der Waals surface area contributed by atoms with Crippen molar-refractivity contribution in [3.05, 3.63) is 107 Å². The van der Waals surface area contributed by atoms with Crippen molar-refractivity contribution in [2.45, 2.75) is 5.92 Å². The second kappa shape index (κ2) is 7.87. The van der Waals surface area contributed by atoms with Gasteiger partial charge >= 0.3 is 0 Å². The first-order valence-corrected chi connectivity index (χ1v) is 9.36. The average Bonchev–Trinajstić information content (AvgIpc) is 3.14. The number of amides is 1. The fourth-order valence-electron chi connectivity index (χ4n) is 3.46. The molecule has 1 heterocycles. The van der Waals surface area contributed by atoms with E-state index < -0.39 is 11.7 Å². The third-order valence-corrected chi connectivity index (χ3v) is 5.21. The molecule has 140 valence electrons. The lowest BCUT2D eigenvalue weighted by Gasteiger charge is -2.19. The second-order valence-corrected chi connectivity index (χ2v) is 6.96. The molecule has 4 rings (SSSR count). The Labute approximate surface area is 167 Å². The van der Waals surface area contributed by atoms with Crippen molar-refractivity contribution in [3.8, 4) is 0 Å². The van der Waals surface area contributed by atoms with E-state index in [0.29, 0.717) is 11.6 Å². The summed E-state index contributed by atoms with van der Waals surface area (Å²) in [6.07, 6.45) is 1.94. The molecule has 0 spiro atoms. The van der Waals surface area contributed by atoms with Crippen molar-refractivity contribution in [3.63, 3.8) is 0 Å². The van der Waals surface area contributed by atoms with Crippen molar-refractivity contribution in [1.29, 1.82) is 0 Å². The number of halogens is 2. The largest absolute Gasteiger partial charge is 0.361 e. The molecule has 1 atom stereocenters. The van der Waals surface area contributed by atoms with E-state index in [4.69, 9.17) is 11.6 Å². The van der Waals surface area contributed by atoms with Gasteiger partial charge in [-0.15, -0.1) is 0 Å². The lowest BCUT2D eigenvalue weighted by Crippen LogP contribution is -2.29. The lowest BCUT2D eigenvalue weighted by molar-refractivity contribution is 0.0948. The molecule has 3 aromatic carbocycles. The van der Waals surface area contributed by atoms with E-state index in [9.17, 15) is 9.18 Å². The highest BCUT2D eigenvalue weighted by molar-refractivity contribution is 6.31. The van der Waals surface area contributed by atoms with Crippen molar-refractivity contribution in [2.24, 2.45) is 0 Å². The summed E-state index contributed by atoms with van der Waals surface area (Å²) in [6, 6.07) is 21.5. The number of para-hydroxylation sites is 1. The smallest absolute Gasteiger partial charge is 0.254 e. The Bertz CT molecular complexity index is 1140. The number of aromatic amines is 1. The van der Waals surface area contributed by atoms with Gasteiger partial charge in [0.15, 0.2) is 0 Å². The van der Waals surface area contributed by atoms with Crippen molar-refractivity contribution >= 4 is 28.4 Å². The molecule has 5 heteroatoms. The molecule has 2 N–H and O–H groups in total. The molecular formula is C23H18ClFN2O. The molecule has 1 amide bonds. The van der Waals surface area contributed by atoms with E-state index in [1.165, 1.54) is 12.1 Å². The monoisotopic (exact) mass is 392 g/mol. The van der Waals surface area contributed by atoms with Crippen LogP contribution in [-0.2, 0) is 0 Å². The number of carbonyl (C=O) groups is 1. The molecule has 0 saturated heterocycles. The van der Waals surface area contributed by atoms with Crippen molar-refractivity contribution in [1.82, 2.24) is 10.3 Å². The molecule has 4 aromatic rings. The predicted molar refractivity (Wildman–Crippen MR) is 110 cm³/mol. The number of hydrogen-bond donors (Lipinski definition) is 2. The third-order valence-electron chi connectivity index (χ3n) is 4.86. The molecule has 0 saturated carbocycles. The van der Waals surface area contributed by atoms with Crippen molar-refractivity contribution in [2.75, 3.05) is 6.54 Å². The molecule has 3 nitrogen and oxygen atoms in total. The Morgan fingerprint density at radius 3 is 2.50 bits per heavy atom. The third kappa shape index (κ3) is 3.51. The van der Waals surface area contributed by atoms with Crippen LogP contribution in [0.3, 0.4) is 0 Å². The topological polar surface area (TPSA) is 44.9 Å². The average molecular weight is 393 g/mol. The van der Waals surface area contributed by atoms with E-state index in [2.05, 4.69) is 10.3 Å². The minimum absolute atomic E-state index is 0.0272. The van der Waals surface area contributed by atoms with E-state index in [1.54, 1.807) is 12.1 Å². The SMILES string of the molecule is O=C(NC[C@@H](c1ccccc1Cl)c1c[nH]c2ccccc12)c1ccccc1F. The van der Waals surface area contributed by atoms with Crippen LogP contribution in [0.4, 0.5) is 4.39 Å². The molecule has 0 aliphatic rings. The highest BCUT2D eigenvalue weighted by atomic mass is 35.5. The predicted octanol–water partition coefficient (Wildman–Crippen LogP) is 5.52. The van der Waals surface area contributed by atoms with Gasteiger partial charge in [-0.2, -0.15) is 0 Å². The van der Waals surface area contributed by atoms with Gasteiger partial charge in [-0.1, -0.05) is 60.1 Å². The Morgan fingerprint density at radius 1 is 0.964 bits per heavy atom. The molecular weight excluding hydrogens is 375 g/mol. The van der Waals surface area contributed by atoms with E-state index >= 15 is 0 Å². The van der Waals surface area contributed by atoms with Crippen molar-refractivity contribution < 1.29 is 9.18 Å². The van der Waals surface area contributed by atoms with Gasteiger partial charge in [0.05, 0.1) is 5.56 Å². The van der Waals surface area contributed by atoms with Gasteiger partial charge in [-0.25, -0.2) is 4.39 Å². The van der Waals surface area contributed by atoms with Gasteiger partial charge in [0.2, 0.25) is 0 Å². The first-order valence-electron chi connectivity index (χ1n) is 8.98. The van der Waals surface area contributed by atoms with Gasteiger partial charge in [-0.05, 0) is 35.4 Å². The summed E-state index contributed by atoms with van der Waals surface area (Å²) >= 11 is 6.46. The van der Waals surface area contributed by atoms with Crippen LogP contribution in [0, 0.1) is 5.82 Å². The summed E-state index contributed by atoms with van der Waals surface area (Å²) < 4.78 is 13.9. The number of hydrogen-bond acceptors (Lipinski definition) is 1. The quantitative estimate of drug-likeness (QED) is 0.461. The van der Waals surface area contributed by atoms with Crippen LogP contribution in [0.15, 0.2) is 79.0 Å². The highest BCUT2D eigenvalue weighted by Crippen LogP contribution is 2.34. The number of fused-ring (bicyclic) bond motifs is 1. The Kier molecular flexibility index (Phi) is 5.13.